The Morgan fingerprint density at radius 1 is 1.41 bits per heavy atom. The number of fused-ring (bicyclic) bond motifs is 1. The fourth-order valence-electron chi connectivity index (χ4n) is 3.64. The first-order chi connectivity index (χ1) is 8.22. The average molecular weight is 240 g/mol. The van der Waals surface area contributed by atoms with Gasteiger partial charge in [0.25, 0.3) is 0 Å². The molecule has 3 rings (SSSR count). The Morgan fingerprint density at radius 2 is 2.29 bits per heavy atom. The Kier molecular flexibility index (Phi) is 2.87. The van der Waals surface area contributed by atoms with E-state index in [0.717, 1.165) is 25.7 Å². The Labute approximate surface area is 102 Å². The molecule has 1 aliphatic carbocycles. The summed E-state index contributed by atoms with van der Waals surface area (Å²) >= 11 is 0. The first kappa shape index (κ1) is 11.5. The molecule has 0 N–H and O–H groups in total. The predicted molar refractivity (Wildman–Crippen MR) is 60.6 cm³/mol. The molecule has 4 heteroatoms. The molecule has 0 aromatic rings. The highest BCUT2D eigenvalue weighted by Crippen LogP contribution is 2.49. The van der Waals surface area contributed by atoms with Crippen LogP contribution in [0.4, 0.5) is 0 Å². The summed E-state index contributed by atoms with van der Waals surface area (Å²) < 4.78 is 16.9. The smallest absolute Gasteiger partial charge is 0.308 e. The highest BCUT2D eigenvalue weighted by molar-refractivity contribution is 5.69. The van der Waals surface area contributed by atoms with Gasteiger partial charge >= 0.3 is 5.97 Å². The minimum Gasteiger partial charge on any atom is -0.469 e. The van der Waals surface area contributed by atoms with Gasteiger partial charge in [-0.3, -0.25) is 4.79 Å². The van der Waals surface area contributed by atoms with Gasteiger partial charge in [0, 0.05) is 6.42 Å². The van der Waals surface area contributed by atoms with Crippen LogP contribution in [0.1, 0.15) is 44.9 Å². The van der Waals surface area contributed by atoms with E-state index in [9.17, 15) is 4.79 Å². The monoisotopic (exact) mass is 240 g/mol. The summed E-state index contributed by atoms with van der Waals surface area (Å²) in [6, 6.07) is 0. The molecule has 0 amide bonds. The lowest BCUT2D eigenvalue weighted by Crippen LogP contribution is -2.49. The van der Waals surface area contributed by atoms with E-state index in [1.807, 2.05) is 0 Å². The van der Waals surface area contributed by atoms with Crippen LogP contribution in [0.2, 0.25) is 0 Å². The fraction of sp³-hybridized carbons (Fsp3) is 0.923. The van der Waals surface area contributed by atoms with Gasteiger partial charge in [-0.25, -0.2) is 0 Å². The third-order valence-electron chi connectivity index (χ3n) is 4.42. The van der Waals surface area contributed by atoms with E-state index < -0.39 is 0 Å². The molecular weight excluding hydrogens is 220 g/mol. The molecule has 2 heterocycles. The lowest BCUT2D eigenvalue weighted by Gasteiger charge is -2.42. The van der Waals surface area contributed by atoms with E-state index in [0.29, 0.717) is 12.5 Å². The highest BCUT2D eigenvalue weighted by Gasteiger charge is 2.54. The summed E-state index contributed by atoms with van der Waals surface area (Å²) in [5, 5.41) is 0. The first-order valence-electron chi connectivity index (χ1n) is 6.62. The molecular formula is C13H20O4. The number of ether oxygens (including phenoxy) is 3. The van der Waals surface area contributed by atoms with Crippen LogP contribution >= 0.6 is 0 Å². The Balaban J connectivity index is 1.68. The Hall–Kier alpha value is -0.610. The molecule has 2 bridgehead atoms. The minimum absolute atomic E-state index is 0.0270. The second-order valence-corrected chi connectivity index (χ2v) is 5.51. The lowest BCUT2D eigenvalue weighted by molar-refractivity contribution is -0.175. The zero-order valence-corrected chi connectivity index (χ0v) is 10.3. The zero-order chi connectivity index (χ0) is 11.9. The number of carbonyl (C=O) groups excluding carboxylic acids is 1. The predicted octanol–water partition coefficient (Wildman–Crippen LogP) is 1.81. The fourth-order valence-corrected chi connectivity index (χ4v) is 3.64. The van der Waals surface area contributed by atoms with Crippen molar-refractivity contribution >= 4 is 5.97 Å². The molecule has 4 nitrogen and oxygen atoms in total. The number of rotatable bonds is 2. The number of hydrogen-bond acceptors (Lipinski definition) is 4. The van der Waals surface area contributed by atoms with Crippen molar-refractivity contribution in [2.24, 2.45) is 0 Å². The number of carbonyl (C=O) groups is 1. The van der Waals surface area contributed by atoms with Crippen molar-refractivity contribution in [3.05, 3.63) is 0 Å². The Bertz CT molecular complexity index is 317. The summed E-state index contributed by atoms with van der Waals surface area (Å²) in [5.74, 6) is -0.170. The second-order valence-electron chi connectivity index (χ2n) is 5.51. The van der Waals surface area contributed by atoms with Gasteiger partial charge in [-0.15, -0.1) is 0 Å². The van der Waals surface area contributed by atoms with Crippen molar-refractivity contribution in [3.8, 4) is 0 Å². The van der Waals surface area contributed by atoms with Crippen LogP contribution in [0.5, 0.6) is 0 Å². The maximum atomic E-state index is 11.3. The second kappa shape index (κ2) is 4.25. The molecule has 1 saturated carbocycles. The molecule has 0 aromatic carbocycles. The SMILES string of the molecule is COC(=O)C[C@H]1CC[C@@H]2O[C@H]3CCCC2(C3)O1. The topological polar surface area (TPSA) is 44.8 Å². The summed E-state index contributed by atoms with van der Waals surface area (Å²) in [4.78, 5) is 11.3. The van der Waals surface area contributed by atoms with E-state index in [-0.39, 0.29) is 23.8 Å². The normalized spacial score (nSPS) is 44.2. The van der Waals surface area contributed by atoms with Gasteiger partial charge in [-0.1, -0.05) is 0 Å². The van der Waals surface area contributed by atoms with Crippen LogP contribution in [0, 0.1) is 0 Å². The van der Waals surface area contributed by atoms with Crippen LogP contribution in [0.3, 0.4) is 0 Å². The van der Waals surface area contributed by atoms with Crippen molar-refractivity contribution in [2.75, 3.05) is 7.11 Å². The van der Waals surface area contributed by atoms with Gasteiger partial charge in [0.15, 0.2) is 0 Å². The van der Waals surface area contributed by atoms with Crippen molar-refractivity contribution in [1.82, 2.24) is 0 Å². The van der Waals surface area contributed by atoms with Crippen LogP contribution in [-0.2, 0) is 19.0 Å². The maximum Gasteiger partial charge on any atom is 0.308 e. The molecule has 2 aliphatic heterocycles. The van der Waals surface area contributed by atoms with Gasteiger partial charge in [-0.05, 0) is 32.1 Å². The molecule has 3 aliphatic rings. The summed E-state index contributed by atoms with van der Waals surface area (Å²) in [7, 11) is 1.43. The summed E-state index contributed by atoms with van der Waals surface area (Å²) in [5.41, 5.74) is -0.0835. The summed E-state index contributed by atoms with van der Waals surface area (Å²) in [6.07, 6.45) is 7.48. The Morgan fingerprint density at radius 3 is 3.12 bits per heavy atom. The first-order valence-corrected chi connectivity index (χ1v) is 6.62. The molecule has 2 saturated heterocycles. The summed E-state index contributed by atoms with van der Waals surface area (Å²) in [6.45, 7) is 0. The van der Waals surface area contributed by atoms with E-state index >= 15 is 0 Å². The molecule has 0 radical (unpaired) electrons. The molecule has 17 heavy (non-hydrogen) atoms. The average Bonchev–Trinajstić information content (AvgIpc) is 2.58. The molecule has 1 unspecified atom stereocenters. The largest absolute Gasteiger partial charge is 0.469 e. The molecule has 1 spiro atoms. The maximum absolute atomic E-state index is 11.3. The quantitative estimate of drug-likeness (QED) is 0.690. The zero-order valence-electron chi connectivity index (χ0n) is 10.3. The third kappa shape index (κ3) is 1.97. The van der Waals surface area contributed by atoms with Crippen molar-refractivity contribution < 1.29 is 19.0 Å². The standard InChI is InChI=1S/C13H20O4/c1-15-12(14)7-9-4-5-11-13(17-9)6-2-3-10(8-13)16-11/h9-11H,2-8H2,1H3/t9-,10+,11+,13?/m1/s1. The highest BCUT2D eigenvalue weighted by atomic mass is 16.6. The third-order valence-corrected chi connectivity index (χ3v) is 4.42. The molecule has 3 fully saturated rings. The van der Waals surface area contributed by atoms with Gasteiger partial charge in [0.05, 0.1) is 37.4 Å². The van der Waals surface area contributed by atoms with Crippen LogP contribution in [0.25, 0.3) is 0 Å². The number of esters is 1. The van der Waals surface area contributed by atoms with Crippen LogP contribution in [-0.4, -0.2) is 37.0 Å². The lowest BCUT2D eigenvalue weighted by atomic mass is 9.78. The number of hydrogen-bond donors (Lipinski definition) is 0. The molecule has 0 aromatic heterocycles. The van der Waals surface area contributed by atoms with Crippen LogP contribution < -0.4 is 0 Å². The van der Waals surface area contributed by atoms with Crippen molar-refractivity contribution in [3.63, 3.8) is 0 Å². The van der Waals surface area contributed by atoms with Crippen molar-refractivity contribution in [1.29, 1.82) is 0 Å². The van der Waals surface area contributed by atoms with E-state index in [1.54, 1.807) is 0 Å². The molecule has 4 atom stereocenters. The van der Waals surface area contributed by atoms with Crippen molar-refractivity contribution in [2.45, 2.75) is 68.9 Å². The van der Waals surface area contributed by atoms with E-state index in [2.05, 4.69) is 0 Å². The van der Waals surface area contributed by atoms with Crippen LogP contribution in [0.15, 0.2) is 0 Å². The minimum atomic E-state index is -0.170. The van der Waals surface area contributed by atoms with E-state index in [4.69, 9.17) is 14.2 Å². The molecule has 96 valence electrons. The van der Waals surface area contributed by atoms with Gasteiger partial charge in [0.1, 0.15) is 0 Å². The van der Waals surface area contributed by atoms with Gasteiger partial charge in [0.2, 0.25) is 0 Å². The van der Waals surface area contributed by atoms with Gasteiger partial charge in [-0.2, -0.15) is 0 Å². The van der Waals surface area contributed by atoms with Gasteiger partial charge < -0.3 is 14.2 Å². The number of methoxy groups -OCH3 is 1. The van der Waals surface area contributed by atoms with E-state index in [1.165, 1.54) is 20.0 Å².